The van der Waals surface area contributed by atoms with E-state index in [0.29, 0.717) is 11.5 Å². The van der Waals surface area contributed by atoms with Crippen molar-refractivity contribution in [2.75, 3.05) is 7.11 Å². The average molecular weight is 291 g/mol. The molecule has 1 saturated heterocycles. The fourth-order valence-corrected chi connectivity index (χ4v) is 3.78. The van der Waals surface area contributed by atoms with Crippen LogP contribution in [0.2, 0.25) is 0 Å². The molecule has 2 heterocycles. The SMILES string of the molecule is COC(=O)[C@@H]1C[C@H]2CCCC[C@@H]2N1C(=O)c1cnn(C)c1. The molecule has 1 amide bonds. The zero-order valence-electron chi connectivity index (χ0n) is 12.5. The highest BCUT2D eigenvalue weighted by atomic mass is 16.5. The van der Waals surface area contributed by atoms with Gasteiger partial charge in [0.05, 0.1) is 18.9 Å². The topological polar surface area (TPSA) is 64.4 Å². The van der Waals surface area contributed by atoms with Gasteiger partial charge in [-0.25, -0.2) is 4.79 Å². The van der Waals surface area contributed by atoms with Crippen LogP contribution in [0.25, 0.3) is 0 Å². The van der Waals surface area contributed by atoms with Crippen LogP contribution >= 0.6 is 0 Å². The Balaban J connectivity index is 1.90. The maximum absolute atomic E-state index is 12.8. The molecule has 2 fully saturated rings. The summed E-state index contributed by atoms with van der Waals surface area (Å²) >= 11 is 0. The Morgan fingerprint density at radius 2 is 2.10 bits per heavy atom. The van der Waals surface area contributed by atoms with Crippen LogP contribution in [0.15, 0.2) is 12.4 Å². The largest absolute Gasteiger partial charge is 0.467 e. The Bertz CT molecular complexity index is 554. The number of ether oxygens (including phenoxy) is 1. The third kappa shape index (κ3) is 2.43. The Kier molecular flexibility index (Phi) is 3.69. The van der Waals surface area contributed by atoms with Crippen molar-refractivity contribution >= 4 is 11.9 Å². The minimum atomic E-state index is -0.448. The first kappa shape index (κ1) is 14.1. The lowest BCUT2D eigenvalue weighted by atomic mass is 9.84. The Morgan fingerprint density at radius 1 is 1.33 bits per heavy atom. The second-order valence-corrected chi connectivity index (χ2v) is 6.00. The van der Waals surface area contributed by atoms with Crippen LogP contribution in [0.1, 0.15) is 42.5 Å². The molecule has 2 aliphatic rings. The number of likely N-dealkylation sites (tertiary alicyclic amines) is 1. The van der Waals surface area contributed by atoms with Crippen LogP contribution in [0.5, 0.6) is 0 Å². The summed E-state index contributed by atoms with van der Waals surface area (Å²) in [5, 5.41) is 4.06. The van der Waals surface area contributed by atoms with Crippen molar-refractivity contribution in [3.63, 3.8) is 0 Å². The van der Waals surface area contributed by atoms with Gasteiger partial charge in [-0.2, -0.15) is 5.10 Å². The highest BCUT2D eigenvalue weighted by molar-refractivity contribution is 5.97. The van der Waals surface area contributed by atoms with Gasteiger partial charge in [0.1, 0.15) is 6.04 Å². The summed E-state index contributed by atoms with van der Waals surface area (Å²) in [5.41, 5.74) is 0.539. The highest BCUT2D eigenvalue weighted by Crippen LogP contribution is 2.40. The van der Waals surface area contributed by atoms with Gasteiger partial charge in [-0.1, -0.05) is 12.8 Å². The van der Waals surface area contributed by atoms with Crippen molar-refractivity contribution in [2.24, 2.45) is 13.0 Å². The molecule has 6 heteroatoms. The van der Waals surface area contributed by atoms with Gasteiger partial charge in [0.15, 0.2) is 0 Å². The zero-order valence-corrected chi connectivity index (χ0v) is 12.5. The van der Waals surface area contributed by atoms with Gasteiger partial charge in [-0.15, -0.1) is 0 Å². The van der Waals surface area contributed by atoms with Crippen molar-refractivity contribution < 1.29 is 14.3 Å². The van der Waals surface area contributed by atoms with Crippen LogP contribution in [-0.2, 0) is 16.6 Å². The molecule has 3 rings (SSSR count). The predicted octanol–water partition coefficient (Wildman–Crippen LogP) is 1.37. The van der Waals surface area contributed by atoms with Gasteiger partial charge in [0.2, 0.25) is 0 Å². The standard InChI is InChI=1S/C15H21N3O3/c1-17-9-11(8-16-17)14(19)18-12-6-4-3-5-10(12)7-13(18)15(20)21-2/h8-10,12-13H,3-7H2,1-2H3/t10-,12+,13+/m1/s1. The zero-order chi connectivity index (χ0) is 15.0. The summed E-state index contributed by atoms with van der Waals surface area (Å²) in [7, 11) is 3.17. The molecule has 3 atom stereocenters. The van der Waals surface area contributed by atoms with E-state index in [-0.39, 0.29) is 17.9 Å². The van der Waals surface area contributed by atoms with Crippen LogP contribution in [0.3, 0.4) is 0 Å². The number of carbonyl (C=O) groups excluding carboxylic acids is 2. The molecular weight excluding hydrogens is 270 g/mol. The highest BCUT2D eigenvalue weighted by Gasteiger charge is 2.48. The number of rotatable bonds is 2. The van der Waals surface area contributed by atoms with Crippen LogP contribution in [-0.4, -0.2) is 45.8 Å². The molecule has 1 aliphatic carbocycles. The molecule has 0 N–H and O–H groups in total. The maximum Gasteiger partial charge on any atom is 0.328 e. The molecule has 1 saturated carbocycles. The summed E-state index contributed by atoms with van der Waals surface area (Å²) in [4.78, 5) is 26.6. The first-order chi connectivity index (χ1) is 10.1. The number of methoxy groups -OCH3 is 1. The van der Waals surface area contributed by atoms with Crippen molar-refractivity contribution in [2.45, 2.75) is 44.2 Å². The summed E-state index contributed by atoms with van der Waals surface area (Å²) in [6.45, 7) is 0. The molecular formula is C15H21N3O3. The van der Waals surface area contributed by atoms with E-state index in [1.165, 1.54) is 13.5 Å². The van der Waals surface area contributed by atoms with Gasteiger partial charge < -0.3 is 9.64 Å². The molecule has 0 unspecified atom stereocenters. The van der Waals surface area contributed by atoms with Crippen LogP contribution in [0.4, 0.5) is 0 Å². The summed E-state index contributed by atoms with van der Waals surface area (Å²) in [6, 6.07) is -0.286. The molecule has 0 spiro atoms. The van der Waals surface area contributed by atoms with Gasteiger partial charge in [-0.3, -0.25) is 9.48 Å². The summed E-state index contributed by atoms with van der Waals surface area (Å²) in [6.07, 6.45) is 8.36. The number of esters is 1. The normalized spacial score (nSPS) is 28.3. The first-order valence-corrected chi connectivity index (χ1v) is 7.51. The molecule has 1 aromatic rings. The number of nitrogens with zero attached hydrogens (tertiary/aromatic N) is 3. The van der Waals surface area contributed by atoms with E-state index in [0.717, 1.165) is 25.7 Å². The summed E-state index contributed by atoms with van der Waals surface area (Å²) in [5.74, 6) is 0.0120. The molecule has 1 aliphatic heterocycles. The van der Waals surface area contributed by atoms with Crippen molar-refractivity contribution in [1.82, 2.24) is 14.7 Å². The molecule has 6 nitrogen and oxygen atoms in total. The maximum atomic E-state index is 12.8. The number of hydrogen-bond acceptors (Lipinski definition) is 4. The molecule has 0 radical (unpaired) electrons. The van der Waals surface area contributed by atoms with E-state index in [4.69, 9.17) is 4.74 Å². The third-order valence-electron chi connectivity index (χ3n) is 4.75. The second-order valence-electron chi connectivity index (χ2n) is 6.00. The number of aromatic nitrogens is 2. The minimum Gasteiger partial charge on any atom is -0.467 e. The molecule has 1 aromatic heterocycles. The first-order valence-electron chi connectivity index (χ1n) is 7.51. The van der Waals surface area contributed by atoms with Crippen molar-refractivity contribution in [1.29, 1.82) is 0 Å². The molecule has 21 heavy (non-hydrogen) atoms. The van der Waals surface area contributed by atoms with E-state index < -0.39 is 6.04 Å². The van der Waals surface area contributed by atoms with Gasteiger partial charge in [0, 0.05) is 19.3 Å². The van der Waals surface area contributed by atoms with E-state index >= 15 is 0 Å². The Hall–Kier alpha value is -1.85. The Morgan fingerprint density at radius 3 is 2.76 bits per heavy atom. The quantitative estimate of drug-likeness (QED) is 0.772. The number of fused-ring (bicyclic) bond motifs is 1. The van der Waals surface area contributed by atoms with E-state index in [2.05, 4.69) is 5.10 Å². The number of aryl methyl sites for hydroxylation is 1. The number of hydrogen-bond donors (Lipinski definition) is 0. The average Bonchev–Trinajstić information content (AvgIpc) is 3.09. The monoisotopic (exact) mass is 291 g/mol. The fourth-order valence-electron chi connectivity index (χ4n) is 3.78. The molecule has 0 bridgehead atoms. The van der Waals surface area contributed by atoms with Gasteiger partial charge >= 0.3 is 5.97 Å². The number of amides is 1. The molecule has 0 aromatic carbocycles. The fraction of sp³-hybridized carbons (Fsp3) is 0.667. The van der Waals surface area contributed by atoms with Crippen LogP contribution in [0, 0.1) is 5.92 Å². The second kappa shape index (κ2) is 5.50. The van der Waals surface area contributed by atoms with E-state index in [1.807, 2.05) is 0 Å². The van der Waals surface area contributed by atoms with Crippen molar-refractivity contribution in [3.05, 3.63) is 18.0 Å². The Labute approximate surface area is 124 Å². The predicted molar refractivity (Wildman–Crippen MR) is 75.5 cm³/mol. The van der Waals surface area contributed by atoms with Gasteiger partial charge in [0.25, 0.3) is 5.91 Å². The molecule has 114 valence electrons. The third-order valence-corrected chi connectivity index (χ3v) is 4.75. The lowest BCUT2D eigenvalue weighted by Crippen LogP contribution is -2.46. The van der Waals surface area contributed by atoms with Crippen LogP contribution < -0.4 is 0 Å². The van der Waals surface area contributed by atoms with Gasteiger partial charge in [-0.05, 0) is 25.2 Å². The number of carbonyl (C=O) groups is 2. The van der Waals surface area contributed by atoms with E-state index in [9.17, 15) is 9.59 Å². The van der Waals surface area contributed by atoms with Crippen molar-refractivity contribution in [3.8, 4) is 0 Å². The van der Waals surface area contributed by atoms with E-state index in [1.54, 1.807) is 29.0 Å². The smallest absolute Gasteiger partial charge is 0.328 e. The minimum absolute atomic E-state index is 0.104. The lowest BCUT2D eigenvalue weighted by molar-refractivity contribution is -0.145. The lowest BCUT2D eigenvalue weighted by Gasteiger charge is -2.33. The summed E-state index contributed by atoms with van der Waals surface area (Å²) < 4.78 is 6.51.